The van der Waals surface area contributed by atoms with Crippen LogP contribution in [0.1, 0.15) is 10.4 Å². The predicted octanol–water partition coefficient (Wildman–Crippen LogP) is 3.00. The van der Waals surface area contributed by atoms with Crippen molar-refractivity contribution in [3.8, 4) is 0 Å². The molecule has 1 amide bonds. The van der Waals surface area contributed by atoms with Gasteiger partial charge in [-0.25, -0.2) is 19.2 Å². The summed E-state index contributed by atoms with van der Waals surface area (Å²) in [6.45, 7) is -0.556. The molecule has 28 heavy (non-hydrogen) atoms. The first-order valence-electron chi connectivity index (χ1n) is 7.74. The number of benzene rings is 2. The van der Waals surface area contributed by atoms with Crippen molar-refractivity contribution in [1.82, 2.24) is 15.1 Å². The molecule has 0 aliphatic carbocycles. The maximum Gasteiger partial charge on any atom is 0.277 e. The molecule has 0 saturated carbocycles. The zero-order valence-corrected chi connectivity index (χ0v) is 15.5. The van der Waals surface area contributed by atoms with Crippen LogP contribution in [0.3, 0.4) is 0 Å². The number of carbonyl (C=O) groups is 1. The lowest BCUT2D eigenvalue weighted by molar-refractivity contribution is 0.0169. The summed E-state index contributed by atoms with van der Waals surface area (Å²) in [5.74, 6) is -2.58. The van der Waals surface area contributed by atoms with E-state index in [2.05, 4.69) is 31.5 Å². The van der Waals surface area contributed by atoms with Gasteiger partial charge in [0.05, 0.1) is 41.0 Å². The van der Waals surface area contributed by atoms with E-state index in [4.69, 9.17) is 9.94 Å². The summed E-state index contributed by atoms with van der Waals surface area (Å²) in [5, 5.41) is 13.9. The highest BCUT2D eigenvalue weighted by Crippen LogP contribution is 2.32. The Morgan fingerprint density at radius 3 is 2.82 bits per heavy atom. The van der Waals surface area contributed by atoms with Crippen LogP contribution < -0.4 is 10.8 Å². The average molecular weight is 456 g/mol. The molecule has 0 spiro atoms. The van der Waals surface area contributed by atoms with Crippen molar-refractivity contribution in [2.24, 2.45) is 5.29 Å². The Kier molecular flexibility index (Phi) is 5.92. The van der Waals surface area contributed by atoms with Crippen LogP contribution in [-0.2, 0) is 4.84 Å². The summed E-state index contributed by atoms with van der Waals surface area (Å²) < 4.78 is 30.4. The molecular weight excluding hydrogens is 444 g/mol. The van der Waals surface area contributed by atoms with Crippen molar-refractivity contribution in [3.05, 3.63) is 57.2 Å². The lowest BCUT2D eigenvalue weighted by Crippen LogP contribution is -2.26. The molecule has 0 fully saturated rings. The maximum atomic E-state index is 15.1. The summed E-state index contributed by atoms with van der Waals surface area (Å²) in [4.78, 5) is 31.8. The van der Waals surface area contributed by atoms with Gasteiger partial charge in [0.1, 0.15) is 17.7 Å². The fourth-order valence-corrected chi connectivity index (χ4v) is 2.74. The van der Waals surface area contributed by atoms with Crippen molar-refractivity contribution in [2.45, 2.75) is 0 Å². The molecule has 2 aromatic carbocycles. The topological polar surface area (TPSA) is 118 Å². The largest absolute Gasteiger partial charge is 0.394 e. The standard InChI is InChI=1S/C16H12BrF2N5O4/c17-8-1-2-11(10(18)5-8)21-14-9(16(26)22-28-4-3-25)6-12-15(13(14)19)20-7-24(12)23-27/h1-2,5-7,21,25H,3-4H2,(H,22,26). The van der Waals surface area contributed by atoms with Crippen LogP contribution in [0, 0.1) is 16.5 Å². The minimum atomic E-state index is -0.991. The van der Waals surface area contributed by atoms with E-state index in [1.165, 1.54) is 12.1 Å². The van der Waals surface area contributed by atoms with Crippen LogP contribution in [0.5, 0.6) is 0 Å². The second-order valence-electron chi connectivity index (χ2n) is 5.40. The van der Waals surface area contributed by atoms with Crippen LogP contribution in [0.15, 0.2) is 40.4 Å². The Bertz CT molecular complexity index is 1060. The fourth-order valence-electron chi connectivity index (χ4n) is 2.41. The van der Waals surface area contributed by atoms with E-state index in [1.807, 2.05) is 5.48 Å². The van der Waals surface area contributed by atoms with Crippen molar-refractivity contribution in [1.29, 1.82) is 0 Å². The van der Waals surface area contributed by atoms with Crippen molar-refractivity contribution in [3.63, 3.8) is 0 Å². The first kappa shape index (κ1) is 19.8. The number of fused-ring (bicyclic) bond motifs is 1. The van der Waals surface area contributed by atoms with Crippen LogP contribution in [0.4, 0.5) is 20.2 Å². The fraction of sp³-hybridized carbons (Fsp3) is 0.125. The van der Waals surface area contributed by atoms with Gasteiger partial charge in [-0.3, -0.25) is 9.63 Å². The Hall–Kier alpha value is -2.96. The molecule has 1 heterocycles. The first-order valence-corrected chi connectivity index (χ1v) is 8.53. The number of hydrogen-bond donors (Lipinski definition) is 3. The molecule has 0 atom stereocenters. The number of carbonyl (C=O) groups excluding carboxylic acids is 1. The molecule has 0 aliphatic heterocycles. The summed E-state index contributed by atoms with van der Waals surface area (Å²) in [6, 6.07) is 5.19. The van der Waals surface area contributed by atoms with Gasteiger partial charge in [0.15, 0.2) is 5.82 Å². The summed E-state index contributed by atoms with van der Waals surface area (Å²) in [5.41, 5.74) is 0.942. The third kappa shape index (κ3) is 3.83. The quantitative estimate of drug-likeness (QED) is 0.286. The molecule has 9 nitrogen and oxygen atoms in total. The number of aliphatic hydroxyl groups is 1. The molecule has 146 valence electrons. The average Bonchev–Trinajstić information content (AvgIpc) is 3.09. The normalized spacial score (nSPS) is 10.9. The van der Waals surface area contributed by atoms with E-state index in [1.54, 1.807) is 0 Å². The van der Waals surface area contributed by atoms with Crippen LogP contribution in [0.25, 0.3) is 11.0 Å². The van der Waals surface area contributed by atoms with E-state index >= 15 is 4.39 Å². The number of nitrogens with one attached hydrogen (secondary N) is 2. The second-order valence-corrected chi connectivity index (χ2v) is 6.32. The van der Waals surface area contributed by atoms with E-state index in [0.717, 1.165) is 23.1 Å². The molecule has 0 bridgehead atoms. The Labute approximate surface area is 164 Å². The van der Waals surface area contributed by atoms with E-state index in [-0.39, 0.29) is 41.2 Å². The lowest BCUT2D eigenvalue weighted by atomic mass is 10.1. The highest BCUT2D eigenvalue weighted by Gasteiger charge is 2.23. The minimum Gasteiger partial charge on any atom is -0.394 e. The van der Waals surface area contributed by atoms with Gasteiger partial charge in [0.25, 0.3) is 5.91 Å². The minimum absolute atomic E-state index is 0.0679. The Balaban J connectivity index is 2.12. The zero-order valence-electron chi connectivity index (χ0n) is 13.9. The number of aromatic nitrogens is 2. The van der Waals surface area contributed by atoms with Gasteiger partial charge >= 0.3 is 0 Å². The number of hydroxylamine groups is 1. The number of anilines is 2. The van der Waals surface area contributed by atoms with Crippen LogP contribution in [-0.4, -0.2) is 33.9 Å². The number of nitrogens with zero attached hydrogens (tertiary/aromatic N) is 3. The first-order chi connectivity index (χ1) is 13.5. The number of imidazole rings is 1. The Morgan fingerprint density at radius 1 is 1.36 bits per heavy atom. The number of rotatable bonds is 7. The second kappa shape index (κ2) is 8.37. The van der Waals surface area contributed by atoms with Gasteiger partial charge < -0.3 is 10.4 Å². The van der Waals surface area contributed by atoms with Crippen molar-refractivity contribution < 1.29 is 23.5 Å². The van der Waals surface area contributed by atoms with E-state index in [9.17, 15) is 14.1 Å². The third-order valence-corrected chi connectivity index (χ3v) is 4.14. The van der Waals surface area contributed by atoms with Gasteiger partial charge in [0.2, 0.25) is 0 Å². The number of hydrogen-bond acceptors (Lipinski definition) is 7. The third-order valence-electron chi connectivity index (χ3n) is 3.65. The smallest absolute Gasteiger partial charge is 0.277 e. The number of amides is 1. The highest BCUT2D eigenvalue weighted by molar-refractivity contribution is 9.10. The Morgan fingerprint density at radius 2 is 2.14 bits per heavy atom. The SMILES string of the molecule is O=Nn1cnc2c(F)c(Nc3ccc(Br)cc3F)c(C(=O)NOCCO)cc21. The molecule has 0 saturated heterocycles. The number of nitroso groups, excluding NO2 is 1. The maximum absolute atomic E-state index is 15.1. The zero-order chi connectivity index (χ0) is 20.3. The summed E-state index contributed by atoms with van der Waals surface area (Å²) >= 11 is 3.12. The molecule has 3 N–H and O–H groups in total. The molecule has 3 rings (SSSR count). The molecule has 0 radical (unpaired) electrons. The van der Waals surface area contributed by atoms with Crippen molar-refractivity contribution >= 4 is 44.2 Å². The van der Waals surface area contributed by atoms with Gasteiger partial charge in [0, 0.05) is 4.47 Å². The van der Waals surface area contributed by atoms with Gasteiger partial charge in [-0.1, -0.05) is 15.9 Å². The molecule has 0 unspecified atom stereocenters. The van der Waals surface area contributed by atoms with E-state index in [0.29, 0.717) is 4.47 Å². The molecular formula is C16H12BrF2N5O4. The molecule has 0 aliphatic rings. The molecule has 1 aromatic heterocycles. The summed E-state index contributed by atoms with van der Waals surface area (Å²) in [6.07, 6.45) is 0.981. The van der Waals surface area contributed by atoms with Crippen LogP contribution in [0.2, 0.25) is 0 Å². The van der Waals surface area contributed by atoms with Crippen molar-refractivity contribution in [2.75, 3.05) is 18.5 Å². The lowest BCUT2D eigenvalue weighted by Gasteiger charge is -2.14. The van der Waals surface area contributed by atoms with Crippen LogP contribution >= 0.6 is 15.9 Å². The monoisotopic (exact) mass is 455 g/mol. The van der Waals surface area contributed by atoms with Gasteiger partial charge in [-0.2, -0.15) is 4.68 Å². The molecule has 12 heteroatoms. The highest BCUT2D eigenvalue weighted by atomic mass is 79.9. The summed E-state index contributed by atoms with van der Waals surface area (Å²) in [7, 11) is 0. The molecule has 3 aromatic rings. The van der Waals surface area contributed by atoms with Gasteiger partial charge in [-0.05, 0) is 24.3 Å². The predicted molar refractivity (Wildman–Crippen MR) is 98.8 cm³/mol. The van der Waals surface area contributed by atoms with E-state index < -0.39 is 17.5 Å². The number of aliphatic hydroxyl groups excluding tert-OH is 1. The number of halogens is 3. The van der Waals surface area contributed by atoms with Gasteiger partial charge in [-0.15, -0.1) is 4.91 Å².